The summed E-state index contributed by atoms with van der Waals surface area (Å²) in [5.74, 6) is 0.550. The summed E-state index contributed by atoms with van der Waals surface area (Å²) in [6.07, 6.45) is 5.51. The number of carbonyl (C=O) groups is 1. The van der Waals surface area contributed by atoms with Crippen molar-refractivity contribution in [2.24, 2.45) is 5.92 Å². The van der Waals surface area contributed by atoms with Gasteiger partial charge in [-0.3, -0.25) is 4.90 Å². The molecule has 1 aliphatic rings. The molecule has 5 nitrogen and oxygen atoms in total. The number of amides is 1. The van der Waals surface area contributed by atoms with Gasteiger partial charge in [0, 0.05) is 13.1 Å². The molecular weight excluding hydrogens is 266 g/mol. The molecule has 2 heterocycles. The predicted molar refractivity (Wildman–Crippen MR) is 82.0 cm³/mol. The van der Waals surface area contributed by atoms with Crippen molar-refractivity contribution in [2.75, 3.05) is 6.54 Å². The van der Waals surface area contributed by atoms with Crippen LogP contribution in [0.25, 0.3) is 0 Å². The topological polar surface area (TPSA) is 47.4 Å². The number of ether oxygens (including phenoxy) is 1. The number of aromatic nitrogens is 2. The Morgan fingerprint density at radius 1 is 1.48 bits per heavy atom. The average Bonchev–Trinajstić information content (AvgIpc) is 2.92. The first-order chi connectivity index (χ1) is 9.78. The summed E-state index contributed by atoms with van der Waals surface area (Å²) < 4.78 is 7.69. The molecule has 0 N–H and O–H groups in total. The minimum atomic E-state index is -0.456. The van der Waals surface area contributed by atoms with E-state index in [-0.39, 0.29) is 12.1 Å². The van der Waals surface area contributed by atoms with E-state index in [1.54, 1.807) is 0 Å². The Labute approximate surface area is 127 Å². The lowest BCUT2D eigenvalue weighted by molar-refractivity contribution is 0.0219. The van der Waals surface area contributed by atoms with Gasteiger partial charge in [0.1, 0.15) is 5.60 Å². The molecule has 0 bridgehead atoms. The largest absolute Gasteiger partial charge is 0.444 e. The van der Waals surface area contributed by atoms with Gasteiger partial charge < -0.3 is 9.30 Å². The van der Waals surface area contributed by atoms with Crippen molar-refractivity contribution in [3.8, 4) is 0 Å². The zero-order chi connectivity index (χ0) is 15.6. The second kappa shape index (κ2) is 6.08. The Morgan fingerprint density at radius 2 is 2.19 bits per heavy atom. The van der Waals surface area contributed by atoms with Crippen LogP contribution in [-0.2, 0) is 11.3 Å². The third kappa shape index (κ3) is 3.99. The molecule has 0 aliphatic carbocycles. The fourth-order valence-electron chi connectivity index (χ4n) is 2.77. The fourth-order valence-corrected chi connectivity index (χ4v) is 2.77. The van der Waals surface area contributed by atoms with Crippen LogP contribution in [0.1, 0.15) is 59.2 Å². The van der Waals surface area contributed by atoms with Crippen molar-refractivity contribution in [1.29, 1.82) is 0 Å². The summed E-state index contributed by atoms with van der Waals surface area (Å²) in [6, 6.07) is 0.0844. The number of rotatable bonds is 3. The Balaban J connectivity index is 2.15. The molecular formula is C16H27N3O2. The second-order valence-electron chi connectivity index (χ2n) is 7.20. The summed E-state index contributed by atoms with van der Waals surface area (Å²) in [4.78, 5) is 18.5. The minimum Gasteiger partial charge on any atom is -0.444 e. The highest BCUT2D eigenvalue weighted by molar-refractivity contribution is 5.69. The van der Waals surface area contributed by atoms with Crippen LogP contribution in [0.15, 0.2) is 12.5 Å². The molecule has 5 heteroatoms. The van der Waals surface area contributed by atoms with Crippen molar-refractivity contribution in [2.45, 2.75) is 65.6 Å². The van der Waals surface area contributed by atoms with Gasteiger partial charge in [-0.05, 0) is 39.5 Å². The number of imidazole rings is 1. The molecule has 1 amide bonds. The standard InChI is InChI=1S/C16H27N3O2/c1-12(2)10-18-11-17-9-14(18)13-7-6-8-19(13)15(20)21-16(3,4)5/h9,11-13H,6-8,10H2,1-5H3. The number of hydrogen-bond acceptors (Lipinski definition) is 3. The van der Waals surface area contributed by atoms with Crippen LogP contribution in [0.4, 0.5) is 4.79 Å². The molecule has 0 radical (unpaired) electrons. The van der Waals surface area contributed by atoms with Crippen molar-refractivity contribution in [3.05, 3.63) is 18.2 Å². The van der Waals surface area contributed by atoms with Crippen molar-refractivity contribution < 1.29 is 9.53 Å². The van der Waals surface area contributed by atoms with E-state index >= 15 is 0 Å². The monoisotopic (exact) mass is 293 g/mol. The van der Waals surface area contributed by atoms with Crippen LogP contribution < -0.4 is 0 Å². The van der Waals surface area contributed by atoms with Gasteiger partial charge in [0.05, 0.1) is 24.3 Å². The quantitative estimate of drug-likeness (QED) is 0.855. The fraction of sp³-hybridized carbons (Fsp3) is 0.750. The average molecular weight is 293 g/mol. The van der Waals surface area contributed by atoms with Crippen molar-refractivity contribution in [1.82, 2.24) is 14.5 Å². The van der Waals surface area contributed by atoms with Gasteiger partial charge in [-0.2, -0.15) is 0 Å². The molecule has 118 valence electrons. The Kier molecular flexibility index (Phi) is 4.59. The molecule has 1 aromatic rings. The minimum absolute atomic E-state index is 0.0844. The normalized spacial score (nSPS) is 19.3. The lowest BCUT2D eigenvalue weighted by Gasteiger charge is -2.29. The first-order valence-corrected chi connectivity index (χ1v) is 7.77. The van der Waals surface area contributed by atoms with Gasteiger partial charge in [0.15, 0.2) is 0 Å². The molecule has 0 saturated carbocycles. The van der Waals surface area contributed by atoms with Gasteiger partial charge in [-0.25, -0.2) is 9.78 Å². The summed E-state index contributed by atoms with van der Waals surface area (Å²) in [6.45, 7) is 11.8. The SMILES string of the molecule is CC(C)Cn1cncc1C1CCCN1C(=O)OC(C)(C)C. The second-order valence-corrected chi connectivity index (χ2v) is 7.20. The van der Waals surface area contributed by atoms with E-state index in [1.807, 2.05) is 38.2 Å². The predicted octanol–water partition coefficient (Wildman–Crippen LogP) is 3.61. The Bertz CT molecular complexity index is 488. The number of carbonyl (C=O) groups excluding carboxylic acids is 1. The number of nitrogens with zero attached hydrogens (tertiary/aromatic N) is 3. The lowest BCUT2D eigenvalue weighted by atomic mass is 10.1. The van der Waals surface area contributed by atoms with Crippen molar-refractivity contribution in [3.63, 3.8) is 0 Å². The van der Waals surface area contributed by atoms with E-state index in [2.05, 4.69) is 23.4 Å². The van der Waals surface area contributed by atoms with Crippen LogP contribution in [-0.4, -0.2) is 32.7 Å². The van der Waals surface area contributed by atoms with Crippen LogP contribution in [0, 0.1) is 5.92 Å². The summed E-state index contributed by atoms with van der Waals surface area (Å²) in [7, 11) is 0. The molecule has 1 aliphatic heterocycles. The van der Waals surface area contributed by atoms with E-state index in [1.165, 1.54) is 0 Å². The molecule has 2 rings (SSSR count). The summed E-state index contributed by atoms with van der Waals surface area (Å²) in [5, 5.41) is 0. The molecule has 0 aromatic carbocycles. The highest BCUT2D eigenvalue weighted by atomic mass is 16.6. The van der Waals surface area contributed by atoms with E-state index < -0.39 is 5.60 Å². The maximum Gasteiger partial charge on any atom is 0.410 e. The van der Waals surface area contributed by atoms with E-state index in [4.69, 9.17) is 4.74 Å². The van der Waals surface area contributed by atoms with Crippen LogP contribution in [0.3, 0.4) is 0 Å². The van der Waals surface area contributed by atoms with Gasteiger partial charge in [0.25, 0.3) is 0 Å². The third-order valence-corrected chi connectivity index (χ3v) is 3.53. The maximum atomic E-state index is 12.4. The summed E-state index contributed by atoms with van der Waals surface area (Å²) in [5.41, 5.74) is 0.662. The zero-order valence-corrected chi connectivity index (χ0v) is 13.8. The molecule has 1 unspecified atom stereocenters. The highest BCUT2D eigenvalue weighted by Crippen LogP contribution is 2.33. The van der Waals surface area contributed by atoms with Crippen LogP contribution in [0.5, 0.6) is 0 Å². The Morgan fingerprint density at radius 3 is 2.81 bits per heavy atom. The van der Waals surface area contributed by atoms with Gasteiger partial charge in [-0.1, -0.05) is 13.8 Å². The van der Waals surface area contributed by atoms with E-state index in [0.29, 0.717) is 5.92 Å². The van der Waals surface area contributed by atoms with Crippen molar-refractivity contribution >= 4 is 6.09 Å². The maximum absolute atomic E-state index is 12.4. The van der Waals surface area contributed by atoms with Gasteiger partial charge in [0.2, 0.25) is 0 Å². The molecule has 1 aromatic heterocycles. The number of likely N-dealkylation sites (tertiary alicyclic amines) is 1. The summed E-state index contributed by atoms with van der Waals surface area (Å²) >= 11 is 0. The zero-order valence-electron chi connectivity index (χ0n) is 13.8. The third-order valence-electron chi connectivity index (χ3n) is 3.53. The lowest BCUT2D eigenvalue weighted by Crippen LogP contribution is -2.37. The molecule has 0 spiro atoms. The highest BCUT2D eigenvalue weighted by Gasteiger charge is 2.34. The van der Waals surface area contributed by atoms with Gasteiger partial charge >= 0.3 is 6.09 Å². The van der Waals surface area contributed by atoms with E-state index in [0.717, 1.165) is 31.6 Å². The van der Waals surface area contributed by atoms with Gasteiger partial charge in [-0.15, -0.1) is 0 Å². The molecule has 1 fully saturated rings. The molecule has 1 atom stereocenters. The van der Waals surface area contributed by atoms with Crippen LogP contribution in [0.2, 0.25) is 0 Å². The van der Waals surface area contributed by atoms with Crippen LogP contribution >= 0.6 is 0 Å². The first-order valence-electron chi connectivity index (χ1n) is 7.77. The Hall–Kier alpha value is -1.52. The smallest absolute Gasteiger partial charge is 0.410 e. The first kappa shape index (κ1) is 15.9. The number of hydrogen-bond donors (Lipinski definition) is 0. The molecule has 1 saturated heterocycles. The molecule has 21 heavy (non-hydrogen) atoms. The van der Waals surface area contributed by atoms with E-state index in [9.17, 15) is 4.79 Å².